The molecule has 0 saturated carbocycles. The lowest BCUT2D eigenvalue weighted by Gasteiger charge is -2.23. The van der Waals surface area contributed by atoms with E-state index in [9.17, 15) is 31.7 Å². The molecule has 2 aromatic rings. The molecule has 1 aliphatic rings. The van der Waals surface area contributed by atoms with E-state index in [4.69, 9.17) is 0 Å². The van der Waals surface area contributed by atoms with Gasteiger partial charge in [0.25, 0.3) is 5.69 Å². The van der Waals surface area contributed by atoms with Gasteiger partial charge in [-0.1, -0.05) is 0 Å². The molecule has 0 amide bonds. The average Bonchev–Trinajstić information content (AvgIpc) is 2.94. The number of nitrogens with zero attached hydrogens (tertiary/aromatic N) is 4. The van der Waals surface area contributed by atoms with Gasteiger partial charge in [-0.2, -0.15) is 17.5 Å². The Hall–Kier alpha value is -2.73. The highest BCUT2D eigenvalue weighted by atomic mass is 32.2. The number of hydrogen-bond acceptors (Lipinski definition) is 6. The summed E-state index contributed by atoms with van der Waals surface area (Å²) in [5.74, 6) is 0.340. The zero-order valence-electron chi connectivity index (χ0n) is 15.0. The molecule has 0 N–H and O–H groups in total. The SMILES string of the molecule is O=[N+]([O-])c1ccc(S(=O)(=O)N2CCCN(c3ccc(C(F)(F)F)cn3)CC2)cc1. The summed E-state index contributed by atoms with van der Waals surface area (Å²) in [4.78, 5) is 15.6. The van der Waals surface area contributed by atoms with Crippen LogP contribution in [-0.2, 0) is 16.2 Å². The van der Waals surface area contributed by atoms with Gasteiger partial charge in [0.1, 0.15) is 5.82 Å². The summed E-state index contributed by atoms with van der Waals surface area (Å²) in [6, 6.07) is 6.84. The molecule has 1 fully saturated rings. The normalized spacial score (nSPS) is 16.4. The van der Waals surface area contributed by atoms with Gasteiger partial charge < -0.3 is 4.90 Å². The molecule has 2 heterocycles. The smallest absolute Gasteiger partial charge is 0.355 e. The molecule has 1 aromatic heterocycles. The standard InChI is InChI=1S/C17H17F3N4O4S/c18-17(19,20)13-2-7-16(21-12-13)22-8-1-9-23(11-10-22)29(27,28)15-5-3-14(4-6-15)24(25)26/h2-7,12H,1,8-11H2. The molecule has 1 saturated heterocycles. The molecule has 1 aliphatic heterocycles. The molecule has 8 nitrogen and oxygen atoms in total. The lowest BCUT2D eigenvalue weighted by atomic mass is 10.2. The molecule has 0 bridgehead atoms. The molecule has 156 valence electrons. The summed E-state index contributed by atoms with van der Waals surface area (Å²) in [5, 5.41) is 10.7. The first-order chi connectivity index (χ1) is 13.6. The topological polar surface area (TPSA) is 96.6 Å². The highest BCUT2D eigenvalue weighted by Gasteiger charge is 2.31. The zero-order chi connectivity index (χ0) is 21.2. The molecule has 0 atom stereocenters. The van der Waals surface area contributed by atoms with Crippen molar-refractivity contribution in [2.24, 2.45) is 0 Å². The first kappa shape index (κ1) is 21.0. The van der Waals surface area contributed by atoms with E-state index in [1.165, 1.54) is 22.5 Å². The van der Waals surface area contributed by atoms with E-state index in [1.54, 1.807) is 4.90 Å². The van der Waals surface area contributed by atoms with Crippen molar-refractivity contribution >= 4 is 21.5 Å². The average molecular weight is 430 g/mol. The summed E-state index contributed by atoms with van der Waals surface area (Å²) >= 11 is 0. The third-order valence-electron chi connectivity index (χ3n) is 4.54. The number of anilines is 1. The number of benzene rings is 1. The van der Waals surface area contributed by atoms with Crippen LogP contribution in [0.4, 0.5) is 24.7 Å². The molecule has 0 radical (unpaired) electrons. The number of halogens is 3. The maximum atomic E-state index is 12.8. The molecule has 12 heteroatoms. The lowest BCUT2D eigenvalue weighted by Crippen LogP contribution is -2.35. The van der Waals surface area contributed by atoms with Crippen molar-refractivity contribution in [3.05, 3.63) is 58.3 Å². The minimum absolute atomic E-state index is 0.0517. The minimum atomic E-state index is -4.47. The Morgan fingerprint density at radius 1 is 1.00 bits per heavy atom. The van der Waals surface area contributed by atoms with Crippen LogP contribution in [0.5, 0.6) is 0 Å². The van der Waals surface area contributed by atoms with Crippen LogP contribution in [0.25, 0.3) is 0 Å². The number of nitro benzene ring substituents is 1. The molecule has 3 rings (SSSR count). The van der Waals surface area contributed by atoms with Crippen molar-refractivity contribution in [3.8, 4) is 0 Å². The molecule has 0 aliphatic carbocycles. The van der Waals surface area contributed by atoms with Gasteiger partial charge in [-0.15, -0.1) is 0 Å². The number of aromatic nitrogens is 1. The fourth-order valence-corrected chi connectivity index (χ4v) is 4.46. The first-order valence-electron chi connectivity index (χ1n) is 8.62. The lowest BCUT2D eigenvalue weighted by molar-refractivity contribution is -0.384. The minimum Gasteiger partial charge on any atom is -0.355 e. The van der Waals surface area contributed by atoms with Crippen LogP contribution in [-0.4, -0.2) is 48.8 Å². The predicted octanol–water partition coefficient (Wildman–Crippen LogP) is 2.91. The molecule has 0 unspecified atom stereocenters. The third-order valence-corrected chi connectivity index (χ3v) is 6.45. The van der Waals surface area contributed by atoms with E-state index in [2.05, 4.69) is 4.98 Å². The zero-order valence-corrected chi connectivity index (χ0v) is 15.9. The van der Waals surface area contributed by atoms with Crippen LogP contribution in [0.1, 0.15) is 12.0 Å². The van der Waals surface area contributed by atoms with Gasteiger partial charge in [0.2, 0.25) is 10.0 Å². The van der Waals surface area contributed by atoms with Crippen LogP contribution in [0.15, 0.2) is 47.5 Å². The van der Waals surface area contributed by atoms with Gasteiger partial charge in [-0.25, -0.2) is 13.4 Å². The Kier molecular flexibility index (Phi) is 5.75. The van der Waals surface area contributed by atoms with Crippen molar-refractivity contribution in [2.45, 2.75) is 17.5 Å². The Morgan fingerprint density at radius 2 is 1.69 bits per heavy atom. The number of pyridine rings is 1. The maximum absolute atomic E-state index is 12.8. The van der Waals surface area contributed by atoms with Crippen LogP contribution in [0.2, 0.25) is 0 Å². The Labute approximate surface area is 164 Å². The first-order valence-corrected chi connectivity index (χ1v) is 10.1. The highest BCUT2D eigenvalue weighted by Crippen LogP contribution is 2.29. The van der Waals surface area contributed by atoms with Gasteiger partial charge in [-0.3, -0.25) is 10.1 Å². The van der Waals surface area contributed by atoms with Gasteiger partial charge in [0, 0.05) is 44.5 Å². The van der Waals surface area contributed by atoms with Gasteiger partial charge in [-0.05, 0) is 30.7 Å². The quantitative estimate of drug-likeness (QED) is 0.547. The van der Waals surface area contributed by atoms with E-state index in [1.807, 2.05) is 0 Å². The molecular weight excluding hydrogens is 413 g/mol. The van der Waals surface area contributed by atoms with Gasteiger partial charge >= 0.3 is 6.18 Å². The van der Waals surface area contributed by atoms with E-state index in [-0.39, 0.29) is 30.2 Å². The third kappa shape index (κ3) is 4.65. The second-order valence-corrected chi connectivity index (χ2v) is 8.34. The van der Waals surface area contributed by atoms with Crippen molar-refractivity contribution in [2.75, 3.05) is 31.1 Å². The Balaban J connectivity index is 1.72. The maximum Gasteiger partial charge on any atom is 0.417 e. The second kappa shape index (κ2) is 7.95. The molecule has 0 spiro atoms. The van der Waals surface area contributed by atoms with Crippen molar-refractivity contribution in [1.82, 2.24) is 9.29 Å². The van der Waals surface area contributed by atoms with Crippen LogP contribution >= 0.6 is 0 Å². The summed E-state index contributed by atoms with van der Waals surface area (Å²) in [7, 11) is -3.84. The molecule has 1 aromatic carbocycles. The van der Waals surface area contributed by atoms with E-state index >= 15 is 0 Å². The largest absolute Gasteiger partial charge is 0.417 e. The van der Waals surface area contributed by atoms with Crippen molar-refractivity contribution in [1.29, 1.82) is 0 Å². The number of hydrogen-bond donors (Lipinski definition) is 0. The van der Waals surface area contributed by atoms with E-state index in [0.717, 1.165) is 24.4 Å². The number of sulfonamides is 1. The summed E-state index contributed by atoms with van der Waals surface area (Å²) < 4.78 is 64.9. The van der Waals surface area contributed by atoms with Crippen LogP contribution < -0.4 is 4.90 Å². The van der Waals surface area contributed by atoms with E-state index in [0.29, 0.717) is 18.8 Å². The number of rotatable bonds is 4. The van der Waals surface area contributed by atoms with Crippen LogP contribution in [0.3, 0.4) is 0 Å². The van der Waals surface area contributed by atoms with E-state index < -0.39 is 26.7 Å². The number of nitro groups is 1. The van der Waals surface area contributed by atoms with Crippen molar-refractivity contribution < 1.29 is 26.5 Å². The highest BCUT2D eigenvalue weighted by molar-refractivity contribution is 7.89. The molecular formula is C17H17F3N4O4S. The monoisotopic (exact) mass is 430 g/mol. The van der Waals surface area contributed by atoms with Crippen molar-refractivity contribution in [3.63, 3.8) is 0 Å². The summed E-state index contributed by atoms with van der Waals surface area (Å²) in [6.07, 6.45) is -3.26. The predicted molar refractivity (Wildman–Crippen MR) is 97.9 cm³/mol. The fourth-order valence-electron chi connectivity index (χ4n) is 2.99. The number of alkyl halides is 3. The number of non-ortho nitro benzene ring substituents is 1. The molecule has 29 heavy (non-hydrogen) atoms. The summed E-state index contributed by atoms with van der Waals surface area (Å²) in [6.45, 7) is 1.02. The summed E-state index contributed by atoms with van der Waals surface area (Å²) in [5.41, 5.74) is -1.06. The van der Waals surface area contributed by atoms with Gasteiger partial charge in [0.05, 0.1) is 15.4 Å². The fraction of sp³-hybridized carbons (Fsp3) is 0.353. The second-order valence-electron chi connectivity index (χ2n) is 6.40. The van der Waals surface area contributed by atoms with Gasteiger partial charge in [0.15, 0.2) is 0 Å². The Morgan fingerprint density at radius 3 is 2.24 bits per heavy atom. The Bertz CT molecular complexity index is 979. The van der Waals surface area contributed by atoms with Crippen LogP contribution in [0, 0.1) is 10.1 Å².